The summed E-state index contributed by atoms with van der Waals surface area (Å²) in [7, 11) is 3.94. The van der Waals surface area contributed by atoms with Crippen LogP contribution in [0, 0.1) is 11.8 Å². The molecule has 2 rings (SSSR count). The Morgan fingerprint density at radius 2 is 1.90 bits per heavy atom. The SMILES string of the molecule is CN(C)Cc1ccccc1NC(=O)[C@@H]1CCC[C@@H]1C(=O)O. The van der Waals surface area contributed by atoms with Gasteiger partial charge in [0.05, 0.1) is 11.8 Å². The molecule has 1 aromatic carbocycles. The maximum absolute atomic E-state index is 12.4. The summed E-state index contributed by atoms with van der Waals surface area (Å²) in [6.45, 7) is 0.726. The van der Waals surface area contributed by atoms with Gasteiger partial charge in [0.1, 0.15) is 0 Å². The lowest BCUT2D eigenvalue weighted by molar-refractivity contribution is -0.145. The van der Waals surface area contributed by atoms with E-state index in [0.717, 1.165) is 24.2 Å². The number of anilines is 1. The lowest BCUT2D eigenvalue weighted by atomic mass is 9.95. The minimum absolute atomic E-state index is 0.175. The third kappa shape index (κ3) is 3.82. The highest BCUT2D eigenvalue weighted by atomic mass is 16.4. The van der Waals surface area contributed by atoms with Crippen LogP contribution in [0.25, 0.3) is 0 Å². The molecule has 2 atom stereocenters. The fraction of sp³-hybridized carbons (Fsp3) is 0.500. The van der Waals surface area contributed by atoms with Crippen LogP contribution in [0.15, 0.2) is 24.3 Å². The fourth-order valence-electron chi connectivity index (χ4n) is 2.92. The van der Waals surface area contributed by atoms with Crippen LogP contribution in [0.3, 0.4) is 0 Å². The molecule has 1 aromatic rings. The van der Waals surface area contributed by atoms with E-state index in [0.29, 0.717) is 12.8 Å². The summed E-state index contributed by atoms with van der Waals surface area (Å²) < 4.78 is 0. The zero-order valence-corrected chi connectivity index (χ0v) is 12.5. The third-order valence-electron chi connectivity index (χ3n) is 3.93. The number of aliphatic carboxylic acids is 1. The average molecular weight is 290 g/mol. The molecule has 0 heterocycles. The Bertz CT molecular complexity index is 528. The summed E-state index contributed by atoms with van der Waals surface area (Å²) in [5.41, 5.74) is 1.80. The van der Waals surface area contributed by atoms with Crippen molar-refractivity contribution < 1.29 is 14.7 Å². The highest BCUT2D eigenvalue weighted by Crippen LogP contribution is 2.33. The van der Waals surface area contributed by atoms with Gasteiger partial charge in [0.2, 0.25) is 5.91 Å². The molecule has 2 N–H and O–H groups in total. The summed E-state index contributed by atoms with van der Waals surface area (Å²) in [5, 5.41) is 12.1. The maximum atomic E-state index is 12.4. The number of carboxylic acids is 1. The third-order valence-corrected chi connectivity index (χ3v) is 3.93. The van der Waals surface area contributed by atoms with E-state index in [9.17, 15) is 14.7 Å². The van der Waals surface area contributed by atoms with Crippen molar-refractivity contribution in [2.75, 3.05) is 19.4 Å². The Morgan fingerprint density at radius 3 is 2.57 bits per heavy atom. The van der Waals surface area contributed by atoms with Gasteiger partial charge in [0.15, 0.2) is 0 Å². The number of hydrogen-bond acceptors (Lipinski definition) is 3. The number of rotatable bonds is 5. The molecule has 114 valence electrons. The smallest absolute Gasteiger partial charge is 0.307 e. The molecule has 1 fully saturated rings. The van der Waals surface area contributed by atoms with Crippen molar-refractivity contribution >= 4 is 17.6 Å². The van der Waals surface area contributed by atoms with Gasteiger partial charge >= 0.3 is 5.97 Å². The van der Waals surface area contributed by atoms with Crippen LogP contribution < -0.4 is 5.32 Å². The van der Waals surface area contributed by atoms with Crippen LogP contribution in [-0.2, 0) is 16.1 Å². The molecule has 0 aromatic heterocycles. The average Bonchev–Trinajstić information content (AvgIpc) is 2.90. The molecule has 1 aliphatic rings. The number of para-hydroxylation sites is 1. The second kappa shape index (κ2) is 6.72. The summed E-state index contributed by atoms with van der Waals surface area (Å²) in [4.78, 5) is 25.6. The molecule has 0 saturated heterocycles. The van der Waals surface area contributed by atoms with Crippen molar-refractivity contribution in [2.24, 2.45) is 11.8 Å². The summed E-state index contributed by atoms with van der Waals surface area (Å²) in [5.74, 6) is -2.01. The van der Waals surface area contributed by atoms with Gasteiger partial charge in [-0.05, 0) is 38.6 Å². The lowest BCUT2D eigenvalue weighted by Crippen LogP contribution is -2.30. The van der Waals surface area contributed by atoms with Gasteiger partial charge in [-0.3, -0.25) is 9.59 Å². The van der Waals surface area contributed by atoms with E-state index in [2.05, 4.69) is 5.32 Å². The first-order valence-electron chi connectivity index (χ1n) is 7.25. The van der Waals surface area contributed by atoms with Gasteiger partial charge in [-0.15, -0.1) is 0 Å². The molecule has 0 bridgehead atoms. The van der Waals surface area contributed by atoms with Gasteiger partial charge in [-0.1, -0.05) is 24.6 Å². The highest BCUT2D eigenvalue weighted by Gasteiger charge is 2.37. The van der Waals surface area contributed by atoms with E-state index >= 15 is 0 Å². The standard InChI is InChI=1S/C16H22N2O3/c1-18(2)10-11-6-3-4-9-14(11)17-15(19)12-7-5-8-13(12)16(20)21/h3-4,6,9,12-13H,5,7-8,10H2,1-2H3,(H,17,19)(H,20,21)/t12-,13+/m1/s1. The van der Waals surface area contributed by atoms with Crippen LogP contribution in [0.1, 0.15) is 24.8 Å². The largest absolute Gasteiger partial charge is 0.481 e. The van der Waals surface area contributed by atoms with Crippen molar-refractivity contribution in [1.82, 2.24) is 4.90 Å². The molecular formula is C16H22N2O3. The zero-order valence-electron chi connectivity index (χ0n) is 12.5. The van der Waals surface area contributed by atoms with Crippen molar-refractivity contribution in [3.05, 3.63) is 29.8 Å². The Kier molecular flexibility index (Phi) is 4.96. The Labute approximate surface area is 125 Å². The molecule has 1 aliphatic carbocycles. The lowest BCUT2D eigenvalue weighted by Gasteiger charge is -2.18. The van der Waals surface area contributed by atoms with Gasteiger partial charge < -0.3 is 15.3 Å². The number of hydrogen-bond donors (Lipinski definition) is 2. The van der Waals surface area contributed by atoms with Crippen molar-refractivity contribution in [3.63, 3.8) is 0 Å². The molecule has 21 heavy (non-hydrogen) atoms. The second-order valence-corrected chi connectivity index (χ2v) is 5.87. The number of benzene rings is 1. The van der Waals surface area contributed by atoms with E-state index in [4.69, 9.17) is 0 Å². The van der Waals surface area contributed by atoms with Crippen LogP contribution in [0.4, 0.5) is 5.69 Å². The predicted molar refractivity (Wildman–Crippen MR) is 80.9 cm³/mol. The Balaban J connectivity index is 2.11. The number of carbonyl (C=O) groups is 2. The van der Waals surface area contributed by atoms with Crippen LogP contribution in [0.2, 0.25) is 0 Å². The maximum Gasteiger partial charge on any atom is 0.307 e. The van der Waals surface area contributed by atoms with Gasteiger partial charge in [-0.25, -0.2) is 0 Å². The van der Waals surface area contributed by atoms with Crippen LogP contribution >= 0.6 is 0 Å². The van der Waals surface area contributed by atoms with E-state index in [1.54, 1.807) is 0 Å². The molecule has 5 heteroatoms. The minimum Gasteiger partial charge on any atom is -0.481 e. The Morgan fingerprint density at radius 1 is 1.24 bits per heavy atom. The van der Waals surface area contributed by atoms with E-state index in [-0.39, 0.29) is 5.91 Å². The molecule has 0 unspecified atom stereocenters. The van der Waals surface area contributed by atoms with Crippen molar-refractivity contribution in [3.8, 4) is 0 Å². The highest BCUT2D eigenvalue weighted by molar-refractivity contribution is 5.96. The van der Waals surface area contributed by atoms with E-state index in [1.165, 1.54) is 0 Å². The second-order valence-electron chi connectivity index (χ2n) is 5.87. The Hall–Kier alpha value is -1.88. The fourth-order valence-corrected chi connectivity index (χ4v) is 2.92. The molecule has 0 aliphatic heterocycles. The molecule has 1 amide bonds. The first-order chi connectivity index (χ1) is 9.99. The first kappa shape index (κ1) is 15.5. The summed E-state index contributed by atoms with van der Waals surface area (Å²) in [6.07, 6.45) is 2.04. The van der Waals surface area contributed by atoms with Crippen LogP contribution in [-0.4, -0.2) is 36.0 Å². The molecule has 1 saturated carbocycles. The van der Waals surface area contributed by atoms with Crippen molar-refractivity contribution in [1.29, 1.82) is 0 Å². The monoisotopic (exact) mass is 290 g/mol. The van der Waals surface area contributed by atoms with Gasteiger partial charge in [0, 0.05) is 12.2 Å². The topological polar surface area (TPSA) is 69.6 Å². The van der Waals surface area contributed by atoms with E-state index in [1.807, 2.05) is 43.3 Å². The van der Waals surface area contributed by atoms with E-state index < -0.39 is 17.8 Å². The summed E-state index contributed by atoms with van der Waals surface area (Å²) in [6, 6.07) is 7.64. The first-order valence-corrected chi connectivity index (χ1v) is 7.25. The van der Waals surface area contributed by atoms with Gasteiger partial charge in [-0.2, -0.15) is 0 Å². The van der Waals surface area contributed by atoms with Gasteiger partial charge in [0.25, 0.3) is 0 Å². The predicted octanol–water partition coefficient (Wildman–Crippen LogP) is 2.19. The van der Waals surface area contributed by atoms with Crippen LogP contribution in [0.5, 0.6) is 0 Å². The quantitative estimate of drug-likeness (QED) is 0.872. The van der Waals surface area contributed by atoms with Crippen molar-refractivity contribution in [2.45, 2.75) is 25.8 Å². The molecule has 5 nitrogen and oxygen atoms in total. The summed E-state index contributed by atoms with van der Waals surface area (Å²) >= 11 is 0. The molecule has 0 spiro atoms. The molecule has 0 radical (unpaired) electrons. The number of carboxylic acid groups (broad SMARTS) is 1. The zero-order chi connectivity index (χ0) is 15.4. The molecular weight excluding hydrogens is 268 g/mol. The number of amides is 1. The number of nitrogens with zero attached hydrogens (tertiary/aromatic N) is 1. The normalized spacial score (nSPS) is 21.5. The number of carbonyl (C=O) groups excluding carboxylic acids is 1. The minimum atomic E-state index is -0.866. The number of nitrogens with one attached hydrogen (secondary N) is 1.